The van der Waals surface area contributed by atoms with E-state index in [1.54, 1.807) is 127 Å². The zero-order valence-electron chi connectivity index (χ0n) is 75.5. The number of carboxylic acids is 2. The summed E-state index contributed by atoms with van der Waals surface area (Å²) in [6.07, 6.45) is 11.3. The Morgan fingerprint density at radius 2 is 0.541 bits per heavy atom. The van der Waals surface area contributed by atoms with Crippen molar-refractivity contribution >= 4 is 71.0 Å². The van der Waals surface area contributed by atoms with Gasteiger partial charge in [-0.2, -0.15) is 0 Å². The molecule has 5 fully saturated rings. The summed E-state index contributed by atoms with van der Waals surface area (Å²) in [6.45, 7) is 3.37. The van der Waals surface area contributed by atoms with Crippen LogP contribution < -0.4 is 4.74 Å². The Kier molecular flexibility index (Phi) is 34.0. The zero-order chi connectivity index (χ0) is 94.6. The molecule has 5 aliphatic heterocycles. The number of para-hydroxylation sites is 1. The van der Waals surface area contributed by atoms with Crippen molar-refractivity contribution in [1.29, 1.82) is 0 Å². The van der Waals surface area contributed by atoms with Crippen LogP contribution in [0.4, 0.5) is 0 Å². The predicted molar refractivity (Wildman–Crippen MR) is 498 cm³/mol. The Labute approximate surface area is 774 Å². The third kappa shape index (κ3) is 24.2. The Hall–Kier alpha value is -15.4. The van der Waals surface area contributed by atoms with Crippen molar-refractivity contribution in [2.75, 3.05) is 41.8 Å². The predicted octanol–water partition coefficient (Wildman–Crippen LogP) is 13.2. The molecule has 0 radical (unpaired) electrons. The van der Waals surface area contributed by atoms with E-state index in [1.807, 2.05) is 280 Å². The van der Waals surface area contributed by atoms with Crippen molar-refractivity contribution in [2.45, 2.75) is 152 Å². The molecule has 16 rings (SSSR count). The molecule has 133 heavy (non-hydrogen) atoms. The van der Waals surface area contributed by atoms with E-state index in [-0.39, 0.29) is 110 Å². The van der Waals surface area contributed by atoms with Crippen LogP contribution in [0.25, 0.3) is 0 Å². The van der Waals surface area contributed by atoms with Crippen LogP contribution in [0, 0.1) is 0 Å². The first-order valence-corrected chi connectivity index (χ1v) is 44.3. The molecule has 3 aromatic heterocycles. The molecule has 10 unspecified atom stereocenters. The molecule has 10 atom stereocenters. The topological polar surface area (TPSA) is 326 Å². The van der Waals surface area contributed by atoms with E-state index < -0.39 is 60.6 Å². The number of aliphatic carboxylic acids is 2. The number of hydrogen-bond acceptors (Lipinski definition) is 16. The number of likely N-dealkylation sites (N-methyl/N-ethyl adjacent to an activating group) is 5. The third-order valence-corrected chi connectivity index (χ3v) is 23.9. The van der Waals surface area contributed by atoms with Gasteiger partial charge in [-0.1, -0.05) is 256 Å². The highest BCUT2D eigenvalue weighted by Gasteiger charge is 2.52. The number of benzene rings is 8. The van der Waals surface area contributed by atoms with Gasteiger partial charge >= 0.3 is 11.9 Å². The lowest BCUT2D eigenvalue weighted by Crippen LogP contribution is -2.43. The minimum absolute atomic E-state index is 0.0166. The molecule has 11 aromatic rings. The van der Waals surface area contributed by atoms with Gasteiger partial charge < -0.3 is 63.9 Å². The normalized spacial score (nSPS) is 19.5. The van der Waals surface area contributed by atoms with Gasteiger partial charge in [-0.25, -0.2) is 0 Å². The largest absolute Gasteiger partial charge is 0.484 e. The number of rotatable bonds is 27. The fourth-order valence-electron chi connectivity index (χ4n) is 17.6. The van der Waals surface area contributed by atoms with Crippen LogP contribution in [0.5, 0.6) is 5.75 Å². The van der Waals surface area contributed by atoms with Crippen molar-refractivity contribution in [2.24, 2.45) is 0 Å². The van der Waals surface area contributed by atoms with Crippen LogP contribution in [0.15, 0.2) is 316 Å². The van der Waals surface area contributed by atoms with Crippen molar-refractivity contribution in [3.8, 4) is 5.75 Å². The van der Waals surface area contributed by atoms with Gasteiger partial charge in [0.15, 0.2) is 6.61 Å². The molecule has 28 nitrogen and oxygen atoms in total. The molecular formula is C105H111N13O15. The van der Waals surface area contributed by atoms with E-state index in [2.05, 4.69) is 15.0 Å². The molecule has 0 aliphatic carbocycles. The van der Waals surface area contributed by atoms with Gasteiger partial charge in [-0.3, -0.25) is 72.5 Å². The van der Waals surface area contributed by atoms with Crippen LogP contribution >= 0.6 is 0 Å². The average Bonchev–Trinajstić information content (AvgIpc) is 1.57. The third-order valence-electron chi connectivity index (χ3n) is 23.9. The van der Waals surface area contributed by atoms with Gasteiger partial charge in [0.1, 0.15) is 66.8 Å². The minimum Gasteiger partial charge on any atom is -0.484 e. The fourth-order valence-corrected chi connectivity index (χ4v) is 17.6. The smallest absolute Gasteiger partial charge is 0.303 e. The summed E-state index contributed by atoms with van der Waals surface area (Å²) in [5, 5.41) is 17.8. The lowest BCUT2D eigenvalue weighted by atomic mass is 10.0. The first-order chi connectivity index (χ1) is 64.3. The number of carbonyl (C=O) groups is 12. The van der Waals surface area contributed by atoms with Crippen molar-refractivity contribution in [3.05, 3.63) is 372 Å². The summed E-state index contributed by atoms with van der Waals surface area (Å²) in [5.41, 5.74) is 9.20. The summed E-state index contributed by atoms with van der Waals surface area (Å²) >= 11 is 0. The molecular weight excluding hydrogens is 1680 g/mol. The highest BCUT2D eigenvalue weighted by atomic mass is 16.5. The van der Waals surface area contributed by atoms with Crippen LogP contribution in [0.1, 0.15) is 145 Å². The van der Waals surface area contributed by atoms with E-state index in [0.29, 0.717) is 44.3 Å². The summed E-state index contributed by atoms with van der Waals surface area (Å²) in [6, 6.07) is 84.7. The Morgan fingerprint density at radius 1 is 0.293 bits per heavy atom. The van der Waals surface area contributed by atoms with E-state index in [0.717, 1.165) is 62.1 Å². The number of aromatic nitrogens is 3. The number of hydrogen-bond donors (Lipinski definition) is 2. The zero-order valence-corrected chi connectivity index (χ0v) is 75.5. The highest BCUT2D eigenvalue weighted by molar-refractivity contribution is 5.96. The number of carboxylic acid groups (broad SMARTS) is 2. The monoisotopic (exact) mass is 1790 g/mol. The highest BCUT2D eigenvalue weighted by Crippen LogP contribution is 2.41. The average molecular weight is 1800 g/mol. The molecule has 10 amide bonds. The van der Waals surface area contributed by atoms with Gasteiger partial charge in [-0.05, 0) is 98.8 Å². The van der Waals surface area contributed by atoms with Gasteiger partial charge in [0.05, 0.1) is 6.42 Å². The van der Waals surface area contributed by atoms with E-state index in [9.17, 15) is 57.5 Å². The molecule has 8 aromatic carbocycles. The molecule has 28 heteroatoms. The SMILES string of the molecule is CC(=O)N1C(Cc2cccnc2)C(=O)N(C)C1c1ccccc1.CCCC(=O)N1C(Cc2cccnc2)C(=O)N(C)C1c1ccccc1.CN1C(=O)C(Cc2ccccc2)N(C(=O)CCC(=O)O)C1c1ccccc1.CN1C(=O)C(Cc2ccccc2)N(C(=O)COc2ccccc2)C1c1ccccc1.CN1C(=O)C(Cc2cccnc2)N(C(=O)CCCC(=O)O)C1c1ccccc1. The molecule has 686 valence electrons. The maximum atomic E-state index is 13.3. The maximum absolute atomic E-state index is 13.3. The number of carbonyl (C=O) groups excluding carboxylic acids is 10. The summed E-state index contributed by atoms with van der Waals surface area (Å²) in [5.74, 6) is -2.61. The van der Waals surface area contributed by atoms with Gasteiger partial charge in [0, 0.05) is 137 Å². The quantitative estimate of drug-likeness (QED) is 0.0483. The minimum atomic E-state index is -1.03. The second-order valence-corrected chi connectivity index (χ2v) is 32.9. The van der Waals surface area contributed by atoms with Crippen molar-refractivity contribution in [1.82, 2.24) is 64.0 Å². The summed E-state index contributed by atoms with van der Waals surface area (Å²) in [7, 11) is 8.65. The van der Waals surface area contributed by atoms with E-state index in [4.69, 9.17) is 14.9 Å². The van der Waals surface area contributed by atoms with Gasteiger partial charge in [0.25, 0.3) is 5.91 Å². The Bertz CT molecular complexity index is 5720. The number of ether oxygens (including phenoxy) is 1. The van der Waals surface area contributed by atoms with E-state index in [1.165, 1.54) is 6.92 Å². The molecule has 0 saturated carbocycles. The summed E-state index contributed by atoms with van der Waals surface area (Å²) in [4.78, 5) is 180. The Morgan fingerprint density at radius 3 is 0.820 bits per heavy atom. The first-order valence-electron chi connectivity index (χ1n) is 44.3. The van der Waals surface area contributed by atoms with Crippen LogP contribution in [-0.2, 0) is 89.6 Å². The van der Waals surface area contributed by atoms with Crippen molar-refractivity contribution in [3.63, 3.8) is 0 Å². The number of amides is 10. The lowest BCUT2D eigenvalue weighted by molar-refractivity contribution is -0.142. The van der Waals surface area contributed by atoms with Crippen LogP contribution in [-0.4, -0.2) is 217 Å². The first kappa shape index (κ1) is 96.7. The van der Waals surface area contributed by atoms with Crippen LogP contribution in [0.2, 0.25) is 0 Å². The number of nitrogens with zero attached hydrogens (tertiary/aromatic N) is 13. The second-order valence-electron chi connectivity index (χ2n) is 32.9. The lowest BCUT2D eigenvalue weighted by Gasteiger charge is -2.30. The molecule has 0 bridgehead atoms. The molecule has 2 N–H and O–H groups in total. The molecule has 5 aliphatic rings. The van der Waals surface area contributed by atoms with Crippen molar-refractivity contribution < 1.29 is 72.5 Å². The second kappa shape index (κ2) is 46.8. The standard InChI is InChI=1S/C25H24N2O3.C21H23N3O4.C21H22N2O4.C20H23N3O2.C18H19N3O2/c1-26-24(20-13-7-3-8-14-20)27(23(28)18-30-21-15-9-4-10-16-21)22(25(26)29)17-19-11-5-2-6-12-19;1-23-20(16-8-3-2-4-9-16)24(18(25)10-5-11-19(26)27)17(21(23)28)13-15-7-6-12-22-14-15;1-22-20(16-10-6-3-7-11-16)23(18(24)12-13-19(25)26)17(21(22)27)14-15-8-4-2-5-9-15;1-3-8-18(24)23-17(13-15-9-7-12-21-14-15)20(25)22(2)19(23)16-10-5-4-6-11-16;1-13(22)21-16(11-14-7-6-10-19-12-14)18(23)20(2)17(21)15-8-4-3-5-9-15/h2-16,22,24H,17-18H2,1H3;2-4,6-9,12,14,17,20H,5,10-11,13H2,1H3,(H,26,27);2-11,17,20H,12-14H2,1H3,(H,25,26);4-7,9-12,14,17,19H,3,8,13H2,1-2H3;3-10,12,16-17H,11H2,1-2H3. The number of pyridine rings is 3. The molecule has 0 spiro atoms. The maximum Gasteiger partial charge on any atom is 0.303 e. The molecule has 8 heterocycles. The van der Waals surface area contributed by atoms with E-state index >= 15 is 0 Å². The molecule has 5 saturated heterocycles. The van der Waals surface area contributed by atoms with Gasteiger partial charge in [-0.15, -0.1) is 0 Å². The Balaban J connectivity index is 0.000000150. The summed E-state index contributed by atoms with van der Waals surface area (Å²) < 4.78 is 5.71. The van der Waals surface area contributed by atoms with Gasteiger partial charge in [0.2, 0.25) is 53.2 Å². The fraction of sp³-hybridized carbons (Fsp3) is 0.286. The van der Waals surface area contributed by atoms with Crippen LogP contribution in [0.3, 0.4) is 0 Å².